The van der Waals surface area contributed by atoms with E-state index in [1.54, 1.807) is 19.2 Å². The molecule has 3 unspecified atom stereocenters. The standard InChI is InChI=1S/C17H27NO3/c1-6-21-16-10-15(17(16,3)4)18-11(2)13-9-12(20-5)7-8-14(13)19/h7-9,11,15-16,18-19H,6,10H2,1-5H3. The van der Waals surface area contributed by atoms with Gasteiger partial charge in [-0.2, -0.15) is 0 Å². The zero-order chi connectivity index (χ0) is 15.6. The van der Waals surface area contributed by atoms with Crippen LogP contribution < -0.4 is 10.1 Å². The molecule has 2 rings (SSSR count). The van der Waals surface area contributed by atoms with E-state index in [1.165, 1.54) is 0 Å². The van der Waals surface area contributed by atoms with Crippen molar-refractivity contribution in [1.82, 2.24) is 5.32 Å². The Balaban J connectivity index is 2.04. The summed E-state index contributed by atoms with van der Waals surface area (Å²) in [7, 11) is 1.63. The fraction of sp³-hybridized carbons (Fsp3) is 0.647. The number of ether oxygens (including phenoxy) is 2. The second-order valence-corrected chi connectivity index (χ2v) is 6.37. The first kappa shape index (κ1) is 16.1. The maximum Gasteiger partial charge on any atom is 0.120 e. The summed E-state index contributed by atoms with van der Waals surface area (Å²) in [5, 5.41) is 13.7. The van der Waals surface area contributed by atoms with Gasteiger partial charge in [0.2, 0.25) is 0 Å². The Morgan fingerprint density at radius 1 is 1.43 bits per heavy atom. The lowest BCUT2D eigenvalue weighted by Gasteiger charge is -2.52. The molecule has 1 aromatic carbocycles. The van der Waals surface area contributed by atoms with Gasteiger partial charge in [0.25, 0.3) is 0 Å². The molecule has 4 nitrogen and oxygen atoms in total. The van der Waals surface area contributed by atoms with E-state index in [4.69, 9.17) is 9.47 Å². The fourth-order valence-electron chi connectivity index (χ4n) is 3.05. The van der Waals surface area contributed by atoms with Crippen LogP contribution in [0.3, 0.4) is 0 Å². The van der Waals surface area contributed by atoms with Crippen LogP contribution in [0.1, 0.15) is 45.7 Å². The summed E-state index contributed by atoms with van der Waals surface area (Å²) in [4.78, 5) is 0. The third-order valence-electron chi connectivity index (χ3n) is 4.70. The summed E-state index contributed by atoms with van der Waals surface area (Å²) < 4.78 is 11.0. The first-order valence-electron chi connectivity index (χ1n) is 7.64. The van der Waals surface area contributed by atoms with Crippen molar-refractivity contribution in [1.29, 1.82) is 0 Å². The van der Waals surface area contributed by atoms with Crippen molar-refractivity contribution in [2.75, 3.05) is 13.7 Å². The van der Waals surface area contributed by atoms with Gasteiger partial charge in [-0.3, -0.25) is 0 Å². The molecule has 0 saturated heterocycles. The van der Waals surface area contributed by atoms with Gasteiger partial charge in [-0.25, -0.2) is 0 Å². The minimum atomic E-state index is 0.0620. The molecule has 0 aliphatic heterocycles. The lowest BCUT2D eigenvalue weighted by molar-refractivity contribution is -0.116. The average Bonchev–Trinajstić information content (AvgIpc) is 2.46. The highest BCUT2D eigenvalue weighted by Crippen LogP contribution is 2.44. The summed E-state index contributed by atoms with van der Waals surface area (Å²) in [6.07, 6.45) is 1.32. The van der Waals surface area contributed by atoms with E-state index >= 15 is 0 Å². The van der Waals surface area contributed by atoms with Gasteiger partial charge in [0, 0.05) is 29.7 Å². The van der Waals surface area contributed by atoms with Gasteiger partial charge in [0.15, 0.2) is 0 Å². The first-order chi connectivity index (χ1) is 9.90. The minimum Gasteiger partial charge on any atom is -0.508 e. The van der Waals surface area contributed by atoms with Gasteiger partial charge in [0.05, 0.1) is 13.2 Å². The molecule has 1 aromatic rings. The van der Waals surface area contributed by atoms with Crippen molar-refractivity contribution in [2.45, 2.75) is 52.3 Å². The van der Waals surface area contributed by atoms with Crippen LogP contribution in [0.4, 0.5) is 0 Å². The van der Waals surface area contributed by atoms with Crippen LogP contribution in [0.5, 0.6) is 11.5 Å². The van der Waals surface area contributed by atoms with E-state index in [-0.39, 0.29) is 11.5 Å². The molecule has 0 heterocycles. The highest BCUT2D eigenvalue weighted by atomic mass is 16.5. The lowest BCUT2D eigenvalue weighted by atomic mass is 9.64. The molecule has 3 atom stereocenters. The molecule has 0 aromatic heterocycles. The maximum atomic E-state index is 10.1. The molecule has 2 N–H and O–H groups in total. The number of benzene rings is 1. The summed E-state index contributed by atoms with van der Waals surface area (Å²) in [6, 6.07) is 5.78. The third kappa shape index (κ3) is 3.16. The molecular formula is C17H27NO3. The summed E-state index contributed by atoms with van der Waals surface area (Å²) in [5.74, 6) is 1.06. The summed E-state index contributed by atoms with van der Waals surface area (Å²) in [5.41, 5.74) is 0.976. The van der Waals surface area contributed by atoms with Crippen LogP contribution in [-0.4, -0.2) is 31.0 Å². The molecule has 0 spiro atoms. The Hall–Kier alpha value is -1.26. The summed E-state index contributed by atoms with van der Waals surface area (Å²) in [6.45, 7) is 9.32. The number of rotatable bonds is 6. The highest BCUT2D eigenvalue weighted by Gasteiger charge is 2.49. The summed E-state index contributed by atoms with van der Waals surface area (Å²) >= 11 is 0. The van der Waals surface area contributed by atoms with Crippen molar-refractivity contribution in [3.63, 3.8) is 0 Å². The highest BCUT2D eigenvalue weighted by molar-refractivity contribution is 5.41. The van der Waals surface area contributed by atoms with Gasteiger partial charge >= 0.3 is 0 Å². The van der Waals surface area contributed by atoms with Gasteiger partial charge in [0.1, 0.15) is 11.5 Å². The van der Waals surface area contributed by atoms with Crippen molar-refractivity contribution in [2.24, 2.45) is 5.41 Å². The Kier molecular flexibility index (Phi) is 4.79. The topological polar surface area (TPSA) is 50.7 Å². The predicted octanol–water partition coefficient (Wildman–Crippen LogP) is 3.26. The smallest absolute Gasteiger partial charge is 0.120 e. The fourth-order valence-corrected chi connectivity index (χ4v) is 3.05. The van der Waals surface area contributed by atoms with Crippen molar-refractivity contribution < 1.29 is 14.6 Å². The molecule has 0 radical (unpaired) electrons. The van der Waals surface area contributed by atoms with E-state index < -0.39 is 0 Å². The lowest BCUT2D eigenvalue weighted by Crippen LogP contribution is -2.61. The monoisotopic (exact) mass is 293 g/mol. The molecule has 1 aliphatic rings. The number of phenolic OH excluding ortho intramolecular Hbond substituents is 1. The molecule has 4 heteroatoms. The zero-order valence-electron chi connectivity index (χ0n) is 13.6. The number of hydrogen-bond donors (Lipinski definition) is 2. The molecule has 1 aliphatic carbocycles. The Morgan fingerprint density at radius 3 is 2.71 bits per heavy atom. The van der Waals surface area contributed by atoms with Gasteiger partial charge in [-0.1, -0.05) is 13.8 Å². The Labute approximate surface area is 127 Å². The Morgan fingerprint density at radius 2 is 2.14 bits per heavy atom. The number of phenols is 1. The molecule has 1 saturated carbocycles. The van der Waals surface area contributed by atoms with Crippen LogP contribution in [0, 0.1) is 5.41 Å². The van der Waals surface area contributed by atoms with E-state index in [1.807, 2.05) is 13.0 Å². The molecule has 0 bridgehead atoms. The number of nitrogens with one attached hydrogen (secondary N) is 1. The van der Waals surface area contributed by atoms with Crippen molar-refractivity contribution in [3.8, 4) is 11.5 Å². The van der Waals surface area contributed by atoms with E-state index in [0.29, 0.717) is 17.9 Å². The van der Waals surface area contributed by atoms with Crippen LogP contribution in [0.2, 0.25) is 0 Å². The number of hydrogen-bond acceptors (Lipinski definition) is 4. The van der Waals surface area contributed by atoms with Crippen molar-refractivity contribution in [3.05, 3.63) is 23.8 Å². The van der Waals surface area contributed by atoms with Crippen molar-refractivity contribution >= 4 is 0 Å². The molecule has 1 fully saturated rings. The van der Waals surface area contributed by atoms with Crippen LogP contribution in [-0.2, 0) is 4.74 Å². The first-order valence-corrected chi connectivity index (χ1v) is 7.64. The normalized spacial score (nSPS) is 25.2. The molecular weight excluding hydrogens is 266 g/mol. The number of aromatic hydroxyl groups is 1. The van der Waals surface area contributed by atoms with Crippen LogP contribution in [0.25, 0.3) is 0 Å². The Bertz CT molecular complexity index is 487. The molecule has 0 amide bonds. The van der Waals surface area contributed by atoms with E-state index in [2.05, 4.69) is 26.1 Å². The van der Waals surface area contributed by atoms with Crippen LogP contribution in [0.15, 0.2) is 18.2 Å². The largest absolute Gasteiger partial charge is 0.508 e. The average molecular weight is 293 g/mol. The van der Waals surface area contributed by atoms with Gasteiger partial charge in [-0.15, -0.1) is 0 Å². The van der Waals surface area contributed by atoms with Crippen LogP contribution >= 0.6 is 0 Å². The van der Waals surface area contributed by atoms with E-state index in [0.717, 1.165) is 24.3 Å². The van der Waals surface area contributed by atoms with Gasteiger partial charge < -0.3 is 19.9 Å². The third-order valence-corrected chi connectivity index (χ3v) is 4.70. The zero-order valence-corrected chi connectivity index (χ0v) is 13.6. The van der Waals surface area contributed by atoms with E-state index in [9.17, 15) is 5.11 Å². The molecule has 118 valence electrons. The maximum absolute atomic E-state index is 10.1. The quantitative estimate of drug-likeness (QED) is 0.845. The van der Waals surface area contributed by atoms with Gasteiger partial charge in [-0.05, 0) is 38.5 Å². The second-order valence-electron chi connectivity index (χ2n) is 6.37. The predicted molar refractivity (Wildman–Crippen MR) is 83.8 cm³/mol. The SMILES string of the molecule is CCOC1CC(NC(C)c2cc(OC)ccc2O)C1(C)C. The second kappa shape index (κ2) is 6.24. The number of methoxy groups -OCH3 is 1. The minimum absolute atomic E-state index is 0.0620. The molecule has 21 heavy (non-hydrogen) atoms.